The van der Waals surface area contributed by atoms with E-state index >= 15 is 0 Å². The van der Waals surface area contributed by atoms with Crippen molar-refractivity contribution < 1.29 is 17.6 Å². The van der Waals surface area contributed by atoms with Crippen LogP contribution in [-0.2, 0) is 16.6 Å². The Morgan fingerprint density at radius 3 is 2.52 bits per heavy atom. The van der Waals surface area contributed by atoms with Gasteiger partial charge in [-0.15, -0.1) is 0 Å². The van der Waals surface area contributed by atoms with Crippen LogP contribution < -0.4 is 11.1 Å². The van der Waals surface area contributed by atoms with Gasteiger partial charge in [-0.05, 0) is 23.8 Å². The lowest BCUT2D eigenvalue weighted by molar-refractivity contribution is 0.0997. The summed E-state index contributed by atoms with van der Waals surface area (Å²) in [5, 5.41) is 2.89. The Kier molecular flexibility index (Phi) is 5.81. The molecule has 3 N–H and O–H groups in total. The van der Waals surface area contributed by atoms with Gasteiger partial charge in [-0.25, -0.2) is 17.1 Å². The molecule has 25 heavy (non-hydrogen) atoms. The van der Waals surface area contributed by atoms with E-state index in [2.05, 4.69) is 21.2 Å². The Hall–Kier alpha value is -1.97. The average molecular weight is 430 g/mol. The van der Waals surface area contributed by atoms with Gasteiger partial charge in [-0.1, -0.05) is 34.1 Å². The van der Waals surface area contributed by atoms with E-state index in [9.17, 15) is 17.6 Å². The normalized spacial score (nSPS) is 11.6. The van der Waals surface area contributed by atoms with Crippen LogP contribution in [0.15, 0.2) is 45.8 Å². The SMILES string of the molecule is CN(C)S(=O)(=O)c1ccccc1CNc1cc(Br)cc(F)c1C(N)=O. The molecule has 0 aliphatic heterocycles. The van der Waals surface area contributed by atoms with Gasteiger partial charge in [0.15, 0.2) is 0 Å². The molecule has 134 valence electrons. The van der Waals surface area contributed by atoms with Crippen molar-refractivity contribution >= 4 is 37.5 Å². The maximum atomic E-state index is 14.0. The van der Waals surface area contributed by atoms with Crippen molar-refractivity contribution in [2.75, 3.05) is 19.4 Å². The zero-order valence-corrected chi connectivity index (χ0v) is 16.0. The van der Waals surface area contributed by atoms with E-state index in [-0.39, 0.29) is 22.7 Å². The number of nitrogens with zero attached hydrogens (tertiary/aromatic N) is 1. The van der Waals surface area contributed by atoms with Gasteiger partial charge in [-0.2, -0.15) is 0 Å². The molecule has 0 saturated carbocycles. The number of hydrogen-bond acceptors (Lipinski definition) is 4. The average Bonchev–Trinajstić information content (AvgIpc) is 2.51. The molecule has 0 fully saturated rings. The van der Waals surface area contributed by atoms with Crippen molar-refractivity contribution in [3.63, 3.8) is 0 Å². The van der Waals surface area contributed by atoms with Gasteiger partial charge < -0.3 is 11.1 Å². The van der Waals surface area contributed by atoms with E-state index in [0.29, 0.717) is 10.0 Å². The molecular formula is C16H17BrFN3O3S. The van der Waals surface area contributed by atoms with Crippen molar-refractivity contribution in [1.29, 1.82) is 0 Å². The van der Waals surface area contributed by atoms with Crippen LogP contribution in [0.4, 0.5) is 10.1 Å². The maximum absolute atomic E-state index is 14.0. The lowest BCUT2D eigenvalue weighted by Crippen LogP contribution is -2.24. The molecule has 0 bridgehead atoms. The van der Waals surface area contributed by atoms with Crippen LogP contribution in [0.2, 0.25) is 0 Å². The molecule has 0 unspecified atom stereocenters. The molecular weight excluding hydrogens is 413 g/mol. The molecule has 0 aliphatic rings. The molecule has 0 radical (unpaired) electrons. The highest BCUT2D eigenvalue weighted by molar-refractivity contribution is 9.10. The van der Waals surface area contributed by atoms with Crippen LogP contribution in [0.25, 0.3) is 0 Å². The highest BCUT2D eigenvalue weighted by Gasteiger charge is 2.21. The van der Waals surface area contributed by atoms with Gasteiger partial charge >= 0.3 is 0 Å². The molecule has 9 heteroatoms. The van der Waals surface area contributed by atoms with Crippen molar-refractivity contribution in [2.24, 2.45) is 5.73 Å². The van der Waals surface area contributed by atoms with Crippen LogP contribution >= 0.6 is 15.9 Å². The fraction of sp³-hybridized carbons (Fsp3) is 0.188. The topological polar surface area (TPSA) is 92.5 Å². The number of sulfonamides is 1. The van der Waals surface area contributed by atoms with Crippen molar-refractivity contribution in [3.05, 3.63) is 57.8 Å². The number of nitrogens with two attached hydrogens (primary N) is 1. The third-order valence-corrected chi connectivity index (χ3v) is 5.88. The first-order valence-corrected chi connectivity index (χ1v) is 9.41. The van der Waals surface area contributed by atoms with Crippen molar-refractivity contribution in [2.45, 2.75) is 11.4 Å². The third kappa shape index (κ3) is 4.17. The number of carbonyl (C=O) groups excluding carboxylic acids is 1. The minimum Gasteiger partial charge on any atom is -0.380 e. The molecule has 1 amide bonds. The minimum atomic E-state index is -3.64. The summed E-state index contributed by atoms with van der Waals surface area (Å²) < 4.78 is 40.3. The molecule has 0 atom stereocenters. The smallest absolute Gasteiger partial charge is 0.253 e. The fourth-order valence-corrected chi connectivity index (χ4v) is 3.80. The predicted molar refractivity (Wildman–Crippen MR) is 97.3 cm³/mol. The first kappa shape index (κ1) is 19.4. The third-order valence-electron chi connectivity index (χ3n) is 3.50. The van der Waals surface area contributed by atoms with Gasteiger partial charge in [0.2, 0.25) is 10.0 Å². The first-order valence-electron chi connectivity index (χ1n) is 7.17. The molecule has 0 saturated heterocycles. The van der Waals surface area contributed by atoms with E-state index in [1.165, 1.54) is 26.2 Å². The van der Waals surface area contributed by atoms with Crippen molar-refractivity contribution in [3.8, 4) is 0 Å². The number of primary amides is 1. The molecule has 0 aromatic heterocycles. The fourth-order valence-electron chi connectivity index (χ4n) is 2.25. The molecule has 2 rings (SSSR count). The Bertz CT molecular complexity index is 917. The summed E-state index contributed by atoms with van der Waals surface area (Å²) in [4.78, 5) is 11.6. The number of amides is 1. The highest BCUT2D eigenvalue weighted by atomic mass is 79.9. The number of hydrogen-bond donors (Lipinski definition) is 2. The summed E-state index contributed by atoms with van der Waals surface area (Å²) >= 11 is 3.15. The summed E-state index contributed by atoms with van der Waals surface area (Å²) in [7, 11) is -0.759. The second-order valence-corrected chi connectivity index (χ2v) is 8.46. The number of carbonyl (C=O) groups is 1. The molecule has 0 spiro atoms. The molecule has 6 nitrogen and oxygen atoms in total. The second-order valence-electron chi connectivity index (χ2n) is 5.42. The zero-order chi connectivity index (χ0) is 18.8. The molecule has 0 aliphatic carbocycles. The van der Waals surface area contributed by atoms with Gasteiger partial charge in [0.05, 0.1) is 16.1 Å². The number of halogens is 2. The van der Waals surface area contributed by atoms with Crippen molar-refractivity contribution in [1.82, 2.24) is 4.31 Å². The Morgan fingerprint density at radius 2 is 1.92 bits per heavy atom. The van der Waals surface area contributed by atoms with Gasteiger partial charge in [0.25, 0.3) is 5.91 Å². The Morgan fingerprint density at radius 1 is 1.28 bits per heavy atom. The Labute approximate surface area is 154 Å². The summed E-state index contributed by atoms with van der Waals surface area (Å²) in [6, 6.07) is 9.09. The van der Waals surface area contributed by atoms with E-state index in [1.807, 2.05) is 0 Å². The van der Waals surface area contributed by atoms with Crippen LogP contribution in [0, 0.1) is 5.82 Å². The van der Waals surface area contributed by atoms with Gasteiger partial charge in [0, 0.05) is 25.1 Å². The predicted octanol–water partition coefficient (Wildman–Crippen LogP) is 2.55. The van der Waals surface area contributed by atoms with Gasteiger partial charge in [-0.3, -0.25) is 4.79 Å². The van der Waals surface area contributed by atoms with E-state index in [0.717, 1.165) is 10.4 Å². The maximum Gasteiger partial charge on any atom is 0.253 e. The summed E-state index contributed by atoms with van der Waals surface area (Å²) in [5.74, 6) is -1.68. The van der Waals surface area contributed by atoms with E-state index in [4.69, 9.17) is 5.73 Å². The van der Waals surface area contributed by atoms with E-state index in [1.54, 1.807) is 18.2 Å². The van der Waals surface area contributed by atoms with Crippen LogP contribution in [0.3, 0.4) is 0 Å². The molecule has 2 aromatic carbocycles. The van der Waals surface area contributed by atoms with Crippen LogP contribution in [-0.4, -0.2) is 32.7 Å². The first-order chi connectivity index (χ1) is 11.6. The van der Waals surface area contributed by atoms with Crippen LogP contribution in [0.5, 0.6) is 0 Å². The van der Waals surface area contributed by atoms with Crippen LogP contribution in [0.1, 0.15) is 15.9 Å². The monoisotopic (exact) mass is 429 g/mol. The minimum absolute atomic E-state index is 0.0689. The molecule has 2 aromatic rings. The zero-order valence-electron chi connectivity index (χ0n) is 13.6. The number of anilines is 1. The lowest BCUT2D eigenvalue weighted by Gasteiger charge is -2.17. The number of nitrogens with one attached hydrogen (secondary N) is 1. The van der Waals surface area contributed by atoms with Gasteiger partial charge in [0.1, 0.15) is 5.82 Å². The number of benzene rings is 2. The summed E-state index contributed by atoms with van der Waals surface area (Å²) in [6.07, 6.45) is 0. The van der Waals surface area contributed by atoms with E-state index < -0.39 is 21.7 Å². The second kappa shape index (κ2) is 7.51. The summed E-state index contributed by atoms with van der Waals surface area (Å²) in [5.41, 5.74) is 5.61. The largest absolute Gasteiger partial charge is 0.380 e. The quantitative estimate of drug-likeness (QED) is 0.737. The Balaban J connectivity index is 2.40. The summed E-state index contributed by atoms with van der Waals surface area (Å²) in [6.45, 7) is 0.0689. The lowest BCUT2D eigenvalue weighted by atomic mass is 10.1. The number of rotatable bonds is 6. The standard InChI is InChI=1S/C16H17BrFN3O3S/c1-21(2)25(23,24)14-6-4-3-5-10(14)9-20-13-8-11(17)7-12(18)15(13)16(19)22/h3-8,20H,9H2,1-2H3,(H2,19,22). The molecule has 0 heterocycles. The highest BCUT2D eigenvalue weighted by Crippen LogP contribution is 2.26.